The van der Waals surface area contributed by atoms with E-state index in [0.29, 0.717) is 23.7 Å². The van der Waals surface area contributed by atoms with E-state index < -0.39 is 9.84 Å². The highest BCUT2D eigenvalue weighted by Gasteiger charge is 2.28. The third-order valence-corrected chi connectivity index (χ3v) is 5.78. The van der Waals surface area contributed by atoms with Crippen LogP contribution in [0, 0.1) is 5.92 Å². The van der Waals surface area contributed by atoms with E-state index in [1.807, 2.05) is 6.07 Å². The minimum Gasteiger partial charge on any atom is -0.351 e. The van der Waals surface area contributed by atoms with Crippen molar-refractivity contribution in [2.75, 3.05) is 18.1 Å². The molecule has 112 valence electrons. The van der Waals surface area contributed by atoms with Gasteiger partial charge < -0.3 is 10.3 Å². The highest BCUT2D eigenvalue weighted by atomic mass is 35.5. The van der Waals surface area contributed by atoms with Crippen LogP contribution in [0.3, 0.4) is 0 Å². The molecule has 21 heavy (non-hydrogen) atoms. The van der Waals surface area contributed by atoms with Crippen LogP contribution in [0.2, 0.25) is 5.02 Å². The molecule has 2 N–H and O–H groups in total. The average Bonchev–Trinajstić information content (AvgIpc) is 2.98. The van der Waals surface area contributed by atoms with Gasteiger partial charge in [0.2, 0.25) is 0 Å². The zero-order valence-electron chi connectivity index (χ0n) is 11.2. The van der Waals surface area contributed by atoms with Crippen LogP contribution in [0.25, 0.3) is 10.9 Å². The predicted molar refractivity (Wildman–Crippen MR) is 82.4 cm³/mol. The van der Waals surface area contributed by atoms with Crippen LogP contribution in [0.4, 0.5) is 0 Å². The van der Waals surface area contributed by atoms with Crippen molar-refractivity contribution in [2.45, 2.75) is 6.42 Å². The topological polar surface area (TPSA) is 79.0 Å². The third kappa shape index (κ3) is 3.22. The second-order valence-corrected chi connectivity index (χ2v) is 8.06. The lowest BCUT2D eigenvalue weighted by Gasteiger charge is -2.08. The summed E-state index contributed by atoms with van der Waals surface area (Å²) in [5, 5.41) is 4.27. The first-order valence-electron chi connectivity index (χ1n) is 6.70. The molecule has 1 aliphatic rings. The van der Waals surface area contributed by atoms with E-state index in [0.717, 1.165) is 10.9 Å². The van der Waals surface area contributed by atoms with Crippen LogP contribution in [0.1, 0.15) is 16.9 Å². The highest BCUT2D eigenvalue weighted by Crippen LogP contribution is 2.20. The van der Waals surface area contributed by atoms with Crippen molar-refractivity contribution in [1.29, 1.82) is 0 Å². The summed E-state index contributed by atoms with van der Waals surface area (Å²) in [7, 11) is -2.91. The van der Waals surface area contributed by atoms with E-state index in [2.05, 4.69) is 10.3 Å². The fraction of sp³-hybridized carbons (Fsp3) is 0.357. The van der Waals surface area contributed by atoms with E-state index in [4.69, 9.17) is 11.6 Å². The summed E-state index contributed by atoms with van der Waals surface area (Å²) in [6.45, 7) is 0.383. The van der Waals surface area contributed by atoms with Gasteiger partial charge in [-0.05, 0) is 36.6 Å². The predicted octanol–water partition coefficient (Wildman–Crippen LogP) is 1.99. The molecule has 1 aromatic carbocycles. The fourth-order valence-corrected chi connectivity index (χ4v) is 4.63. The Morgan fingerprint density at radius 1 is 1.38 bits per heavy atom. The number of aromatic amines is 1. The molecule has 1 atom stereocenters. The minimum absolute atomic E-state index is 0.0118. The summed E-state index contributed by atoms with van der Waals surface area (Å²) >= 11 is 5.91. The van der Waals surface area contributed by atoms with Gasteiger partial charge in [-0.1, -0.05) is 11.6 Å². The summed E-state index contributed by atoms with van der Waals surface area (Å²) in [5.74, 6) is 0.165. The molecule has 2 aromatic rings. The fourth-order valence-electron chi connectivity index (χ4n) is 2.59. The highest BCUT2D eigenvalue weighted by molar-refractivity contribution is 7.91. The van der Waals surface area contributed by atoms with Crippen molar-refractivity contribution in [3.05, 3.63) is 35.0 Å². The number of fused-ring (bicyclic) bond motifs is 1. The van der Waals surface area contributed by atoms with Gasteiger partial charge in [-0.25, -0.2) is 8.42 Å². The molecule has 0 radical (unpaired) electrons. The summed E-state index contributed by atoms with van der Waals surface area (Å²) in [4.78, 5) is 15.1. The van der Waals surface area contributed by atoms with Gasteiger partial charge in [0.25, 0.3) is 5.91 Å². The molecule has 5 nitrogen and oxygen atoms in total. The van der Waals surface area contributed by atoms with Gasteiger partial charge in [0.05, 0.1) is 11.5 Å². The van der Waals surface area contributed by atoms with Gasteiger partial charge in [0, 0.05) is 22.5 Å². The zero-order valence-corrected chi connectivity index (χ0v) is 12.8. The Bertz CT molecular complexity index is 798. The lowest BCUT2D eigenvalue weighted by Crippen LogP contribution is -2.30. The molecule has 2 heterocycles. The number of hydrogen-bond acceptors (Lipinski definition) is 3. The van der Waals surface area contributed by atoms with Crippen LogP contribution in [-0.4, -0.2) is 37.4 Å². The monoisotopic (exact) mass is 326 g/mol. The van der Waals surface area contributed by atoms with E-state index >= 15 is 0 Å². The number of sulfone groups is 1. The molecule has 1 aromatic heterocycles. The second kappa shape index (κ2) is 5.35. The van der Waals surface area contributed by atoms with Gasteiger partial charge in [-0.3, -0.25) is 4.79 Å². The normalized spacial score (nSPS) is 20.7. The smallest absolute Gasteiger partial charge is 0.267 e. The second-order valence-electron chi connectivity index (χ2n) is 5.39. The molecule has 0 bridgehead atoms. The van der Waals surface area contributed by atoms with Crippen LogP contribution in [0.5, 0.6) is 0 Å². The molecule has 3 rings (SSSR count). The van der Waals surface area contributed by atoms with Crippen LogP contribution >= 0.6 is 11.6 Å². The van der Waals surface area contributed by atoms with Crippen molar-refractivity contribution >= 4 is 38.2 Å². The van der Waals surface area contributed by atoms with Crippen molar-refractivity contribution in [1.82, 2.24) is 10.3 Å². The maximum atomic E-state index is 12.1. The molecular formula is C14H15ClN2O3S. The number of nitrogens with one attached hydrogen (secondary N) is 2. The molecule has 1 amide bonds. The first kappa shape index (κ1) is 14.4. The molecule has 1 aliphatic heterocycles. The van der Waals surface area contributed by atoms with Gasteiger partial charge in [0.1, 0.15) is 5.69 Å². The van der Waals surface area contributed by atoms with Gasteiger partial charge in [-0.2, -0.15) is 0 Å². The Balaban J connectivity index is 1.67. The number of halogens is 1. The number of amides is 1. The average molecular weight is 327 g/mol. The standard InChI is InChI=1S/C14H15ClN2O3S/c15-11-1-2-12-10(5-11)6-13(17-12)14(18)16-7-9-3-4-21(19,20)8-9/h1-2,5-6,9,17H,3-4,7-8H2,(H,16,18). The number of benzene rings is 1. The van der Waals surface area contributed by atoms with Crippen molar-refractivity contribution in [3.63, 3.8) is 0 Å². The lowest BCUT2D eigenvalue weighted by atomic mass is 10.1. The van der Waals surface area contributed by atoms with Gasteiger partial charge >= 0.3 is 0 Å². The Kier molecular flexibility index (Phi) is 3.67. The lowest BCUT2D eigenvalue weighted by molar-refractivity contribution is 0.0944. The van der Waals surface area contributed by atoms with E-state index in [1.165, 1.54) is 0 Å². The Labute approximate surface area is 127 Å². The van der Waals surface area contributed by atoms with E-state index in [-0.39, 0.29) is 23.3 Å². The Hall–Kier alpha value is -1.53. The number of hydrogen-bond donors (Lipinski definition) is 2. The Morgan fingerprint density at radius 2 is 2.19 bits per heavy atom. The van der Waals surface area contributed by atoms with Crippen molar-refractivity contribution in [3.8, 4) is 0 Å². The molecule has 0 saturated carbocycles. The molecule has 0 spiro atoms. The number of rotatable bonds is 3. The van der Waals surface area contributed by atoms with Crippen LogP contribution in [0.15, 0.2) is 24.3 Å². The molecule has 1 saturated heterocycles. The largest absolute Gasteiger partial charge is 0.351 e. The third-order valence-electron chi connectivity index (χ3n) is 3.71. The zero-order chi connectivity index (χ0) is 15.0. The first-order chi connectivity index (χ1) is 9.93. The van der Waals surface area contributed by atoms with E-state index in [9.17, 15) is 13.2 Å². The van der Waals surface area contributed by atoms with Crippen LogP contribution in [-0.2, 0) is 9.84 Å². The number of H-pyrrole nitrogens is 1. The quantitative estimate of drug-likeness (QED) is 0.905. The van der Waals surface area contributed by atoms with Crippen molar-refractivity contribution in [2.24, 2.45) is 5.92 Å². The molecule has 1 fully saturated rings. The summed E-state index contributed by atoms with van der Waals surface area (Å²) < 4.78 is 22.7. The SMILES string of the molecule is O=C(NCC1CCS(=O)(=O)C1)c1cc2cc(Cl)ccc2[nH]1. The summed E-state index contributed by atoms with van der Waals surface area (Å²) in [6.07, 6.45) is 0.616. The van der Waals surface area contributed by atoms with Crippen LogP contribution < -0.4 is 5.32 Å². The maximum absolute atomic E-state index is 12.1. The van der Waals surface area contributed by atoms with Gasteiger partial charge in [-0.15, -0.1) is 0 Å². The Morgan fingerprint density at radius 3 is 2.90 bits per heavy atom. The maximum Gasteiger partial charge on any atom is 0.267 e. The molecule has 7 heteroatoms. The molecule has 1 unspecified atom stereocenters. The summed E-state index contributed by atoms with van der Waals surface area (Å²) in [6, 6.07) is 7.10. The van der Waals surface area contributed by atoms with E-state index in [1.54, 1.807) is 18.2 Å². The van der Waals surface area contributed by atoms with Crippen molar-refractivity contribution < 1.29 is 13.2 Å². The number of carbonyl (C=O) groups excluding carboxylic acids is 1. The minimum atomic E-state index is -2.91. The molecule has 0 aliphatic carbocycles. The number of aromatic nitrogens is 1. The summed E-state index contributed by atoms with van der Waals surface area (Å²) in [5.41, 5.74) is 1.29. The number of carbonyl (C=O) groups is 1. The first-order valence-corrected chi connectivity index (χ1v) is 8.90. The molecular weight excluding hydrogens is 312 g/mol. The van der Waals surface area contributed by atoms with Gasteiger partial charge in [0.15, 0.2) is 9.84 Å².